The minimum Gasteiger partial charge on any atom is -0.309 e. The second-order valence-electron chi connectivity index (χ2n) is 13.9. The quantitative estimate of drug-likeness (QED) is 0.167. The van der Waals surface area contributed by atoms with Crippen molar-refractivity contribution in [3.8, 4) is 39.3 Å². The lowest BCUT2D eigenvalue weighted by Gasteiger charge is -2.21. The highest BCUT2D eigenvalue weighted by Crippen LogP contribution is 2.45. The Balaban J connectivity index is 1.27. The maximum atomic E-state index is 9.63. The molecule has 0 aliphatic carbocycles. The molecule has 0 N–H and O–H groups in total. The van der Waals surface area contributed by atoms with E-state index in [0.29, 0.717) is 27.5 Å². The highest BCUT2D eigenvalue weighted by molar-refractivity contribution is 6.16. The lowest BCUT2D eigenvalue weighted by atomic mass is 9.95. The van der Waals surface area contributed by atoms with E-state index >= 15 is 0 Å². The summed E-state index contributed by atoms with van der Waals surface area (Å²) < 4.78 is 124. The molecule has 0 aliphatic rings. The number of hydrogen-bond acceptors (Lipinski definition) is 0. The van der Waals surface area contributed by atoms with Crippen LogP contribution in [0, 0.1) is 0 Å². The number of rotatable bonds is 5. The maximum Gasteiger partial charge on any atom is 0.0782 e. The molecule has 0 atom stereocenters. The van der Waals surface area contributed by atoms with Crippen molar-refractivity contribution in [1.29, 1.82) is 0 Å². The lowest BCUT2D eigenvalue weighted by molar-refractivity contribution is 1.13. The molecule has 3 heterocycles. The monoisotopic (exact) mass is 738 g/mol. The van der Waals surface area contributed by atoms with Crippen LogP contribution in [-0.4, -0.2) is 13.7 Å². The standard InChI is InChI=1S/C54H35N3/c1-3-17-36(18-4-1)39-25-15-26-40(37-19-5-2-6-20-37)53(39)57-50-31-14-9-23-43(50)45-27-16-32-52(54(45)57)56-49-30-13-10-24-44(49)46-35-38(33-34-51(46)56)55-47-28-11-7-21-41(47)42-22-8-12-29-48(42)55/h1-35H/i1D,2D,3D,4D,5D,6D,15D,17D,18D,19D,20D,25D,26D. The minimum atomic E-state index is -0.741. The van der Waals surface area contributed by atoms with Crippen LogP contribution in [0.5, 0.6) is 0 Å². The molecule has 9 aromatic carbocycles. The Labute approximate surface area is 347 Å². The van der Waals surface area contributed by atoms with Gasteiger partial charge in [-0.1, -0.05) is 163 Å². The van der Waals surface area contributed by atoms with Gasteiger partial charge in [0.2, 0.25) is 0 Å². The van der Waals surface area contributed by atoms with Crippen molar-refractivity contribution < 1.29 is 17.8 Å². The molecular weight excluding hydrogens is 691 g/mol. The van der Waals surface area contributed by atoms with Crippen LogP contribution in [0.1, 0.15) is 17.8 Å². The summed E-state index contributed by atoms with van der Waals surface area (Å²) in [5.74, 6) is 0. The van der Waals surface area contributed by atoms with Crippen molar-refractivity contribution >= 4 is 65.4 Å². The van der Waals surface area contributed by atoms with Crippen LogP contribution < -0.4 is 0 Å². The number of benzene rings is 9. The molecule has 266 valence electrons. The number of fused-ring (bicyclic) bond motifs is 9. The van der Waals surface area contributed by atoms with Crippen LogP contribution in [0.3, 0.4) is 0 Å². The van der Waals surface area contributed by atoms with E-state index in [9.17, 15) is 9.60 Å². The largest absolute Gasteiger partial charge is 0.309 e. The minimum absolute atomic E-state index is 0.170. The average Bonchev–Trinajstić information content (AvgIpc) is 4.02. The topological polar surface area (TPSA) is 14.8 Å². The number of nitrogens with zero attached hydrogens (tertiary/aromatic N) is 3. The summed E-state index contributed by atoms with van der Waals surface area (Å²) in [6.45, 7) is 0. The molecule has 0 amide bonds. The van der Waals surface area contributed by atoms with E-state index in [1.54, 1.807) is 16.7 Å². The van der Waals surface area contributed by atoms with Gasteiger partial charge in [0.05, 0.1) is 62.3 Å². The molecule has 57 heavy (non-hydrogen) atoms. The molecule has 12 rings (SSSR count). The molecule has 3 heteroatoms. The van der Waals surface area contributed by atoms with Crippen molar-refractivity contribution in [1.82, 2.24) is 13.7 Å². The van der Waals surface area contributed by atoms with Gasteiger partial charge in [0.15, 0.2) is 0 Å². The Morgan fingerprint density at radius 1 is 0.333 bits per heavy atom. The van der Waals surface area contributed by atoms with Gasteiger partial charge in [-0.3, -0.25) is 0 Å². The Hall–Kier alpha value is -7.62. The lowest BCUT2D eigenvalue weighted by Crippen LogP contribution is -2.04. The summed E-state index contributed by atoms with van der Waals surface area (Å²) >= 11 is 0. The zero-order chi connectivity index (χ0) is 48.8. The normalized spacial score (nSPS) is 15.1. The van der Waals surface area contributed by atoms with Crippen molar-refractivity contribution in [2.24, 2.45) is 0 Å². The van der Waals surface area contributed by atoms with Crippen molar-refractivity contribution in [3.63, 3.8) is 0 Å². The second kappa shape index (κ2) is 12.5. The molecular formula is C54H35N3. The molecule has 0 aliphatic heterocycles. The van der Waals surface area contributed by atoms with Crippen molar-refractivity contribution in [3.05, 3.63) is 212 Å². The summed E-state index contributed by atoms with van der Waals surface area (Å²) in [5, 5.41) is 5.45. The van der Waals surface area contributed by atoms with Gasteiger partial charge in [-0.15, -0.1) is 0 Å². The smallest absolute Gasteiger partial charge is 0.0782 e. The first-order valence-corrected chi connectivity index (χ1v) is 18.6. The molecule has 0 saturated heterocycles. The van der Waals surface area contributed by atoms with Gasteiger partial charge >= 0.3 is 0 Å². The van der Waals surface area contributed by atoms with E-state index in [-0.39, 0.29) is 16.8 Å². The molecule has 0 saturated carbocycles. The first-order chi connectivity index (χ1) is 33.7. The van der Waals surface area contributed by atoms with Gasteiger partial charge in [-0.05, 0) is 59.7 Å². The van der Waals surface area contributed by atoms with Gasteiger partial charge in [0.25, 0.3) is 0 Å². The predicted octanol–water partition coefficient (Wildman–Crippen LogP) is 14.3. The summed E-state index contributed by atoms with van der Waals surface area (Å²) in [7, 11) is 0. The summed E-state index contributed by atoms with van der Waals surface area (Å²) in [6, 6.07) is 34.9. The first-order valence-electron chi connectivity index (χ1n) is 25.1. The molecule has 0 bridgehead atoms. The first kappa shape index (κ1) is 21.5. The van der Waals surface area contributed by atoms with E-state index in [2.05, 4.69) is 57.7 Å². The molecule has 0 unspecified atom stereocenters. The highest BCUT2D eigenvalue weighted by atomic mass is 15.1. The van der Waals surface area contributed by atoms with Crippen LogP contribution >= 0.6 is 0 Å². The van der Waals surface area contributed by atoms with E-state index in [1.165, 1.54) is 0 Å². The Morgan fingerprint density at radius 3 is 1.37 bits per heavy atom. The molecule has 0 fully saturated rings. The van der Waals surface area contributed by atoms with E-state index in [4.69, 9.17) is 8.22 Å². The van der Waals surface area contributed by atoms with Crippen LogP contribution in [0.2, 0.25) is 0 Å². The SMILES string of the molecule is [2H]c1c([2H])c([2H])c(-c2c([2H])c([2H])c([2H])c(-c3c([2H])c([2H])c([2H])c([2H])c3[2H])c2-n2c3ccccc3c3cccc(-n4c5ccccc5c5cc(-n6c7ccccc7c7ccccc76)ccc54)c32)c([2H])c1[2H]. The van der Waals surface area contributed by atoms with Crippen LogP contribution in [0.15, 0.2) is 212 Å². The van der Waals surface area contributed by atoms with Crippen molar-refractivity contribution in [2.75, 3.05) is 0 Å². The molecule has 0 spiro atoms. The van der Waals surface area contributed by atoms with Gasteiger partial charge in [-0.2, -0.15) is 0 Å². The third-order valence-electron chi connectivity index (χ3n) is 11.0. The van der Waals surface area contributed by atoms with Crippen LogP contribution in [0.4, 0.5) is 0 Å². The van der Waals surface area contributed by atoms with Crippen LogP contribution in [-0.2, 0) is 0 Å². The Bertz CT molecular complexity index is 4090. The summed E-state index contributed by atoms with van der Waals surface area (Å²) in [4.78, 5) is 0. The Kier molecular flexibility index (Phi) is 4.69. The van der Waals surface area contributed by atoms with Crippen LogP contribution in [0.25, 0.3) is 105 Å². The van der Waals surface area contributed by atoms with E-state index < -0.39 is 89.7 Å². The third-order valence-corrected chi connectivity index (χ3v) is 11.0. The highest BCUT2D eigenvalue weighted by Gasteiger charge is 2.24. The molecule has 0 radical (unpaired) electrons. The molecule has 3 nitrogen and oxygen atoms in total. The fraction of sp³-hybridized carbons (Fsp3) is 0. The maximum absolute atomic E-state index is 9.63. The van der Waals surface area contributed by atoms with Gasteiger partial charge in [-0.25, -0.2) is 0 Å². The van der Waals surface area contributed by atoms with Gasteiger partial charge in [0.1, 0.15) is 0 Å². The summed E-state index contributed by atoms with van der Waals surface area (Å²) in [6.07, 6.45) is 0. The zero-order valence-corrected chi connectivity index (χ0v) is 30.0. The molecule has 12 aromatic rings. The zero-order valence-electron chi connectivity index (χ0n) is 43.0. The van der Waals surface area contributed by atoms with E-state index in [0.717, 1.165) is 49.3 Å². The second-order valence-corrected chi connectivity index (χ2v) is 13.9. The Morgan fingerprint density at radius 2 is 0.789 bits per heavy atom. The van der Waals surface area contributed by atoms with E-state index in [1.807, 2.05) is 72.8 Å². The molecule has 3 aromatic heterocycles. The third kappa shape index (κ3) is 4.66. The summed E-state index contributed by atoms with van der Waals surface area (Å²) in [5.41, 5.74) is 4.43. The fourth-order valence-electron chi connectivity index (χ4n) is 8.71. The predicted molar refractivity (Wildman–Crippen MR) is 240 cm³/mol. The van der Waals surface area contributed by atoms with Crippen molar-refractivity contribution in [2.45, 2.75) is 0 Å². The number of hydrogen-bond donors (Lipinski definition) is 0. The number of para-hydroxylation sites is 6. The van der Waals surface area contributed by atoms with Gasteiger partial charge < -0.3 is 13.7 Å². The average molecular weight is 739 g/mol. The van der Waals surface area contributed by atoms with Gasteiger partial charge in [0, 0.05) is 49.1 Å². The number of aromatic nitrogens is 3. The fourth-order valence-corrected chi connectivity index (χ4v) is 8.71.